The van der Waals surface area contributed by atoms with Crippen molar-refractivity contribution in [2.75, 3.05) is 5.09 Å². The first-order valence-electron chi connectivity index (χ1n) is 14.2. The van der Waals surface area contributed by atoms with Crippen molar-refractivity contribution >= 4 is 88.0 Å². The van der Waals surface area contributed by atoms with Gasteiger partial charge in [0.2, 0.25) is 0 Å². The predicted molar refractivity (Wildman–Crippen MR) is 172 cm³/mol. The molecule has 1 N–H and O–H groups in total. The number of rotatable bonds is 3. The number of nitrogens with zero attached hydrogens (tertiary/aromatic N) is 1. The van der Waals surface area contributed by atoms with E-state index < -0.39 is 6.39 Å². The Bertz CT molecular complexity index is 2230. The number of nitrogens with one attached hydrogen (secondary N) is 1. The molecule has 13 rings (SSSR count). The van der Waals surface area contributed by atoms with E-state index in [1.165, 1.54) is 54.9 Å². The molecule has 0 atom stereocenters. The molecular formula is C30H17B5N2O2P-. The van der Waals surface area contributed by atoms with Gasteiger partial charge in [-0.1, -0.05) is 0 Å². The fraction of sp³-hybridized carbons (Fsp3) is 0. The van der Waals surface area contributed by atoms with Crippen molar-refractivity contribution in [1.29, 1.82) is 0 Å². The summed E-state index contributed by atoms with van der Waals surface area (Å²) in [6.45, 7) is 0.100. The van der Waals surface area contributed by atoms with Crippen molar-refractivity contribution in [1.82, 2.24) is 4.57 Å². The molecule has 2 bridgehead atoms. The van der Waals surface area contributed by atoms with E-state index in [0.29, 0.717) is 12.4 Å². The van der Waals surface area contributed by atoms with Gasteiger partial charge in [-0.15, -0.1) is 0 Å². The number of hydrogen-bond donors (Lipinski definition) is 1. The molecule has 4 fully saturated rings. The Morgan fingerprint density at radius 1 is 0.700 bits per heavy atom. The molecule has 8 heterocycles. The summed E-state index contributed by atoms with van der Waals surface area (Å²) in [6, 6.07) is 35.2. The van der Waals surface area contributed by atoms with Crippen LogP contribution in [0.2, 0.25) is 0 Å². The van der Waals surface area contributed by atoms with Crippen LogP contribution in [0, 0.1) is 0 Å². The summed E-state index contributed by atoms with van der Waals surface area (Å²) >= 11 is 0. The molecule has 7 aliphatic heterocycles. The maximum absolute atomic E-state index is 7.11. The average Bonchev–Trinajstić information content (AvgIpc) is 3.56. The quantitative estimate of drug-likeness (QED) is 0.283. The SMILES string of the molecule is [B-]1B2B3B1P23(Nc1ccccc1)c1cc2c3ccccc3n3c2c2c1Oc1cccc4c1B2c1c(cccc1-3)O4. The second kappa shape index (κ2) is 5.89. The molecule has 10 heteroatoms. The van der Waals surface area contributed by atoms with Crippen LogP contribution in [-0.4, -0.2) is 37.0 Å². The summed E-state index contributed by atoms with van der Waals surface area (Å²) in [5.41, 5.74) is 8.78. The standard InChI is InChI=1S/C30H17B5N2O2P/c1-2-8-17(9-3-1)36-40(33-31-34(40)35(33)40)25-16-19-18-10-4-5-11-20(18)37-21-12-6-13-22-26(21)32-27-23(38-22)14-7-15-24(27)39-30(25)28(32)29(19)37/h1-16,36H/q-1. The number of hydrogen-bond acceptors (Lipinski definition) is 3. The Balaban J connectivity index is 1.28. The normalized spacial score (nSPS) is 20.1. The molecule has 1 aromatic heterocycles. The summed E-state index contributed by atoms with van der Waals surface area (Å²) in [5.74, 6) is 3.92. The van der Waals surface area contributed by atoms with Crippen LogP contribution in [0.25, 0.3) is 27.5 Å². The van der Waals surface area contributed by atoms with Crippen LogP contribution in [0.5, 0.6) is 23.0 Å². The molecule has 6 aromatic rings. The Morgan fingerprint density at radius 2 is 1.43 bits per heavy atom. The van der Waals surface area contributed by atoms with Crippen LogP contribution in [0.15, 0.2) is 97.1 Å². The molecule has 4 nitrogen and oxygen atoms in total. The second-order valence-electron chi connectivity index (χ2n) is 12.4. The van der Waals surface area contributed by atoms with E-state index in [4.69, 9.17) is 9.47 Å². The number of ether oxygens (including phenoxy) is 2. The summed E-state index contributed by atoms with van der Waals surface area (Å²) in [5, 5.41) is 8.38. The van der Waals surface area contributed by atoms with Crippen molar-refractivity contribution in [2.45, 2.75) is 0 Å². The van der Waals surface area contributed by atoms with Gasteiger partial charge in [-0.05, 0) is 0 Å². The number of benzene rings is 5. The second-order valence-corrected chi connectivity index (χ2v) is 17.5. The van der Waals surface area contributed by atoms with E-state index >= 15 is 0 Å². The average molecular weight is 523 g/mol. The molecule has 0 saturated carbocycles. The Morgan fingerprint density at radius 3 is 2.23 bits per heavy atom. The Kier molecular flexibility index (Phi) is 2.95. The van der Waals surface area contributed by atoms with E-state index in [1.54, 1.807) is 0 Å². The minimum absolute atomic E-state index is 0.100. The molecule has 2 radical (unpaired) electrons. The maximum atomic E-state index is 7.11. The van der Waals surface area contributed by atoms with Gasteiger partial charge in [0.05, 0.1) is 0 Å². The van der Waals surface area contributed by atoms with Crippen LogP contribution in [-0.2, 0) is 0 Å². The number of para-hydroxylation sites is 2. The first kappa shape index (κ1) is 20.0. The molecule has 180 valence electrons. The molecule has 0 amide bonds. The van der Waals surface area contributed by atoms with Crippen molar-refractivity contribution in [2.24, 2.45) is 0 Å². The van der Waals surface area contributed by atoms with E-state index in [1.807, 2.05) is 0 Å². The van der Waals surface area contributed by atoms with Crippen molar-refractivity contribution in [3.63, 3.8) is 0 Å². The van der Waals surface area contributed by atoms with Gasteiger partial charge in [0.25, 0.3) is 0 Å². The van der Waals surface area contributed by atoms with Gasteiger partial charge in [0.1, 0.15) is 0 Å². The third kappa shape index (κ3) is 1.77. The van der Waals surface area contributed by atoms with Crippen LogP contribution >= 0.6 is 6.39 Å². The fourth-order valence-electron chi connectivity index (χ4n) is 9.35. The monoisotopic (exact) mass is 523 g/mol. The molecule has 0 unspecified atom stereocenters. The number of aromatic nitrogens is 1. The van der Waals surface area contributed by atoms with Gasteiger partial charge in [0, 0.05) is 0 Å². The number of anilines is 1. The Hall–Kier alpha value is -3.95. The molecule has 40 heavy (non-hydrogen) atoms. The summed E-state index contributed by atoms with van der Waals surface area (Å²) < 4.78 is 16.2. The third-order valence-corrected chi connectivity index (χ3v) is 18.0. The van der Waals surface area contributed by atoms with Gasteiger partial charge in [0.15, 0.2) is 0 Å². The molecule has 7 aliphatic rings. The van der Waals surface area contributed by atoms with Gasteiger partial charge >= 0.3 is 233 Å². The van der Waals surface area contributed by atoms with Crippen molar-refractivity contribution in [3.05, 3.63) is 97.1 Å². The van der Waals surface area contributed by atoms with Crippen LogP contribution in [0.3, 0.4) is 0 Å². The first-order valence-corrected chi connectivity index (χ1v) is 16.7. The van der Waals surface area contributed by atoms with Crippen molar-refractivity contribution in [3.8, 4) is 28.7 Å². The Labute approximate surface area is 232 Å². The first-order chi connectivity index (χ1) is 19.8. The van der Waals surface area contributed by atoms with Gasteiger partial charge in [-0.2, -0.15) is 0 Å². The number of fused-ring (bicyclic) bond motifs is 4. The zero-order valence-electron chi connectivity index (χ0n) is 21.3. The molecule has 5 aromatic carbocycles. The van der Waals surface area contributed by atoms with Gasteiger partial charge in [-0.25, -0.2) is 0 Å². The predicted octanol–water partition coefficient (Wildman–Crippen LogP) is 3.90. The topological polar surface area (TPSA) is 35.4 Å². The van der Waals surface area contributed by atoms with Gasteiger partial charge in [-0.3, -0.25) is 0 Å². The minimum atomic E-state index is -2.38. The van der Waals surface area contributed by atoms with E-state index in [0.717, 1.165) is 29.2 Å². The van der Waals surface area contributed by atoms with E-state index in [9.17, 15) is 0 Å². The van der Waals surface area contributed by atoms with Crippen LogP contribution in [0.4, 0.5) is 5.69 Å². The zero-order valence-corrected chi connectivity index (χ0v) is 22.2. The molecule has 0 aliphatic carbocycles. The van der Waals surface area contributed by atoms with Crippen LogP contribution < -0.4 is 36.3 Å². The van der Waals surface area contributed by atoms with E-state index in [-0.39, 0.29) is 6.71 Å². The van der Waals surface area contributed by atoms with Gasteiger partial charge < -0.3 is 0 Å². The summed E-state index contributed by atoms with van der Waals surface area (Å²) in [4.78, 5) is 0. The summed E-state index contributed by atoms with van der Waals surface area (Å²) in [6.07, 6.45) is -0.281. The molecular weight excluding hydrogens is 505 g/mol. The van der Waals surface area contributed by atoms with Crippen molar-refractivity contribution < 1.29 is 9.47 Å². The third-order valence-electron chi connectivity index (χ3n) is 11.1. The zero-order chi connectivity index (χ0) is 25.6. The molecule has 0 spiro atoms. The molecule has 4 saturated heterocycles. The van der Waals surface area contributed by atoms with Crippen LogP contribution in [0.1, 0.15) is 0 Å². The summed E-state index contributed by atoms with van der Waals surface area (Å²) in [7, 11) is 2.60. The van der Waals surface area contributed by atoms with E-state index in [2.05, 4.69) is 114 Å². The fourth-order valence-corrected chi connectivity index (χ4v) is 17.5.